The Morgan fingerprint density at radius 3 is 2.14 bits per heavy atom. The van der Waals surface area contributed by atoms with Crippen LogP contribution in [0.15, 0.2) is 102 Å². The van der Waals surface area contributed by atoms with E-state index in [1.54, 1.807) is 0 Å². The third kappa shape index (κ3) is 5.59. The number of benzene rings is 4. The molecule has 0 radical (unpaired) electrons. The van der Waals surface area contributed by atoms with Gasteiger partial charge in [-0.3, -0.25) is 10.3 Å². The van der Waals surface area contributed by atoms with Crippen LogP contribution in [0.2, 0.25) is 0 Å². The summed E-state index contributed by atoms with van der Waals surface area (Å²) in [4.78, 5) is 16.9. The molecule has 4 nitrogen and oxygen atoms in total. The Balaban J connectivity index is 1.22. The van der Waals surface area contributed by atoms with Crippen molar-refractivity contribution in [3.05, 3.63) is 125 Å². The van der Waals surface area contributed by atoms with Crippen molar-refractivity contribution in [2.24, 2.45) is 4.99 Å². The topological polar surface area (TPSA) is 50.7 Å². The van der Waals surface area contributed by atoms with E-state index in [0.29, 0.717) is 24.2 Å². The van der Waals surface area contributed by atoms with Gasteiger partial charge in [0.2, 0.25) is 0 Å². The van der Waals surface area contributed by atoms with Crippen molar-refractivity contribution in [1.82, 2.24) is 0 Å². The van der Waals surface area contributed by atoms with E-state index in [2.05, 4.69) is 10.3 Å². The SMILES string of the molecule is CC(OC(=O)Nc1ccc(-c2ccc(C3CCC(c4c(F)cccc4F)=N3)cc2)cc1)c1ccccc1. The van der Waals surface area contributed by atoms with Crippen LogP contribution in [-0.4, -0.2) is 11.8 Å². The molecular weight excluding hydrogens is 470 g/mol. The maximum absolute atomic E-state index is 14.1. The number of aliphatic imine (C=N–C) groups is 1. The summed E-state index contributed by atoms with van der Waals surface area (Å²) in [6, 6.07) is 28.8. The first-order valence-corrected chi connectivity index (χ1v) is 12.2. The van der Waals surface area contributed by atoms with Crippen LogP contribution >= 0.6 is 0 Å². The zero-order valence-corrected chi connectivity index (χ0v) is 20.3. The van der Waals surface area contributed by atoms with Gasteiger partial charge in [-0.25, -0.2) is 13.6 Å². The molecule has 0 saturated carbocycles. The van der Waals surface area contributed by atoms with Gasteiger partial charge >= 0.3 is 6.09 Å². The quantitative estimate of drug-likeness (QED) is 0.292. The number of hydrogen-bond donors (Lipinski definition) is 1. The molecule has 1 N–H and O–H groups in total. The molecule has 1 aliphatic rings. The minimum atomic E-state index is -0.577. The molecule has 37 heavy (non-hydrogen) atoms. The fourth-order valence-electron chi connectivity index (χ4n) is 4.54. The van der Waals surface area contributed by atoms with Gasteiger partial charge in [-0.05, 0) is 66.3 Å². The lowest BCUT2D eigenvalue weighted by molar-refractivity contribution is 0.121. The van der Waals surface area contributed by atoms with E-state index in [4.69, 9.17) is 4.74 Å². The Hall–Kier alpha value is -4.32. The van der Waals surface area contributed by atoms with Crippen LogP contribution in [0.4, 0.5) is 19.3 Å². The summed E-state index contributed by atoms with van der Waals surface area (Å²) in [5.74, 6) is -1.15. The summed E-state index contributed by atoms with van der Waals surface area (Å²) in [7, 11) is 0. The van der Waals surface area contributed by atoms with E-state index in [1.165, 1.54) is 18.2 Å². The maximum Gasteiger partial charge on any atom is 0.412 e. The molecule has 6 heteroatoms. The van der Waals surface area contributed by atoms with Crippen molar-refractivity contribution in [1.29, 1.82) is 0 Å². The molecule has 2 unspecified atom stereocenters. The number of carbonyl (C=O) groups excluding carboxylic acids is 1. The Labute approximate surface area is 214 Å². The molecule has 4 aromatic carbocycles. The Morgan fingerprint density at radius 1 is 0.865 bits per heavy atom. The molecule has 0 saturated heterocycles. The minimum absolute atomic E-state index is 0.0197. The van der Waals surface area contributed by atoms with Gasteiger partial charge in [-0.15, -0.1) is 0 Å². The van der Waals surface area contributed by atoms with E-state index < -0.39 is 17.7 Å². The van der Waals surface area contributed by atoms with Gasteiger partial charge in [0.05, 0.1) is 11.6 Å². The second kappa shape index (κ2) is 10.7. The van der Waals surface area contributed by atoms with Crippen molar-refractivity contribution in [3.8, 4) is 11.1 Å². The summed E-state index contributed by atoms with van der Waals surface area (Å²) in [6.45, 7) is 1.83. The van der Waals surface area contributed by atoms with Gasteiger partial charge in [-0.2, -0.15) is 0 Å². The molecule has 0 aromatic heterocycles. The van der Waals surface area contributed by atoms with E-state index in [1.807, 2.05) is 85.8 Å². The van der Waals surface area contributed by atoms with Gasteiger partial charge < -0.3 is 4.74 Å². The molecule has 1 heterocycles. The molecule has 4 aromatic rings. The second-order valence-electron chi connectivity index (χ2n) is 9.01. The highest BCUT2D eigenvalue weighted by atomic mass is 19.1. The third-order valence-electron chi connectivity index (χ3n) is 6.53. The first-order chi connectivity index (χ1) is 18.0. The molecule has 1 amide bonds. The van der Waals surface area contributed by atoms with Gasteiger partial charge in [0.25, 0.3) is 0 Å². The van der Waals surface area contributed by atoms with Crippen molar-refractivity contribution < 1.29 is 18.3 Å². The third-order valence-corrected chi connectivity index (χ3v) is 6.53. The molecule has 0 aliphatic carbocycles. The Kier molecular flexibility index (Phi) is 7.08. The number of ether oxygens (including phenoxy) is 1. The van der Waals surface area contributed by atoms with Gasteiger partial charge in [0.1, 0.15) is 17.7 Å². The Morgan fingerprint density at radius 2 is 1.49 bits per heavy atom. The standard InChI is InChI=1S/C31H26F2N2O2/c1-20(21-6-3-2-4-7-21)37-31(36)34-25-16-14-23(15-17-25)22-10-12-24(13-11-22)28-18-19-29(35-28)30-26(32)8-5-9-27(30)33/h2-17,20,28H,18-19H2,1H3,(H,34,36). The molecule has 186 valence electrons. The molecular formula is C31H26F2N2O2. The summed E-state index contributed by atoms with van der Waals surface area (Å²) in [5, 5.41) is 2.76. The Bertz CT molecular complexity index is 1400. The lowest BCUT2D eigenvalue weighted by atomic mass is 9.99. The normalized spacial score (nSPS) is 15.6. The zero-order chi connectivity index (χ0) is 25.8. The molecule has 0 fully saturated rings. The average molecular weight is 497 g/mol. The van der Waals surface area contributed by atoms with Crippen LogP contribution in [0.1, 0.15) is 48.6 Å². The fourth-order valence-corrected chi connectivity index (χ4v) is 4.54. The molecule has 5 rings (SSSR count). The van der Waals surface area contributed by atoms with Crippen molar-refractivity contribution in [2.75, 3.05) is 5.32 Å². The summed E-state index contributed by atoms with van der Waals surface area (Å²) >= 11 is 0. The zero-order valence-electron chi connectivity index (χ0n) is 20.3. The maximum atomic E-state index is 14.1. The number of hydrogen-bond acceptors (Lipinski definition) is 3. The second-order valence-corrected chi connectivity index (χ2v) is 9.01. The van der Waals surface area contributed by atoms with E-state index in [0.717, 1.165) is 22.3 Å². The van der Waals surface area contributed by atoms with E-state index in [9.17, 15) is 13.6 Å². The first-order valence-electron chi connectivity index (χ1n) is 12.2. The van der Waals surface area contributed by atoms with Crippen molar-refractivity contribution in [2.45, 2.75) is 31.9 Å². The first kappa shape index (κ1) is 24.4. The van der Waals surface area contributed by atoms with Crippen LogP contribution in [0.25, 0.3) is 11.1 Å². The average Bonchev–Trinajstić information content (AvgIpc) is 3.39. The smallest absolute Gasteiger partial charge is 0.412 e. The number of rotatable bonds is 6. The van der Waals surface area contributed by atoms with Crippen molar-refractivity contribution >= 4 is 17.5 Å². The number of nitrogens with zero attached hydrogens (tertiary/aromatic N) is 1. The van der Waals surface area contributed by atoms with E-state index in [-0.39, 0.29) is 17.7 Å². The molecule has 2 atom stereocenters. The predicted octanol–water partition coefficient (Wildman–Crippen LogP) is 8.27. The predicted molar refractivity (Wildman–Crippen MR) is 142 cm³/mol. The van der Waals surface area contributed by atoms with Gasteiger partial charge in [0, 0.05) is 11.4 Å². The fraction of sp³-hybridized carbons (Fsp3) is 0.161. The highest BCUT2D eigenvalue weighted by molar-refractivity contribution is 6.02. The number of halogens is 2. The highest BCUT2D eigenvalue weighted by Gasteiger charge is 2.24. The summed E-state index contributed by atoms with van der Waals surface area (Å²) in [6.07, 6.45) is 0.373. The van der Waals surface area contributed by atoms with Crippen LogP contribution < -0.4 is 5.32 Å². The summed E-state index contributed by atoms with van der Waals surface area (Å²) in [5.41, 5.74) is 5.03. The van der Waals surface area contributed by atoms with E-state index >= 15 is 0 Å². The summed E-state index contributed by atoms with van der Waals surface area (Å²) < 4.78 is 33.8. The number of anilines is 1. The number of carbonyl (C=O) groups is 1. The lowest BCUT2D eigenvalue weighted by Crippen LogP contribution is -2.15. The van der Waals surface area contributed by atoms with Crippen LogP contribution in [0, 0.1) is 11.6 Å². The minimum Gasteiger partial charge on any atom is -0.441 e. The lowest BCUT2D eigenvalue weighted by Gasteiger charge is -2.14. The van der Waals surface area contributed by atoms with Crippen LogP contribution in [-0.2, 0) is 4.74 Å². The highest BCUT2D eigenvalue weighted by Crippen LogP contribution is 2.33. The number of amides is 1. The van der Waals surface area contributed by atoms with Crippen LogP contribution in [0.5, 0.6) is 0 Å². The largest absolute Gasteiger partial charge is 0.441 e. The van der Waals surface area contributed by atoms with Crippen LogP contribution in [0.3, 0.4) is 0 Å². The molecule has 1 aliphatic heterocycles. The van der Waals surface area contributed by atoms with Gasteiger partial charge in [-0.1, -0.05) is 72.8 Å². The molecule has 0 bridgehead atoms. The van der Waals surface area contributed by atoms with Gasteiger partial charge in [0.15, 0.2) is 0 Å². The monoisotopic (exact) mass is 496 g/mol. The molecule has 0 spiro atoms. The van der Waals surface area contributed by atoms with Crippen molar-refractivity contribution in [3.63, 3.8) is 0 Å². The number of nitrogens with one attached hydrogen (secondary N) is 1.